The first-order chi connectivity index (χ1) is 6.95. The first kappa shape index (κ1) is 11.9. The van der Waals surface area contributed by atoms with Crippen LogP contribution in [0.5, 0.6) is 0 Å². The maximum absolute atomic E-state index is 12.8. The molecule has 5 heteroatoms. The average Bonchev–Trinajstić information content (AvgIpc) is 2.17. The van der Waals surface area contributed by atoms with Gasteiger partial charge in [-0.05, 0) is 13.3 Å². The number of hydrogen-bond donors (Lipinski definition) is 1. The van der Waals surface area contributed by atoms with E-state index in [4.69, 9.17) is 4.74 Å². The lowest BCUT2D eigenvalue weighted by Crippen LogP contribution is -2.38. The summed E-state index contributed by atoms with van der Waals surface area (Å²) < 4.78 is 30.5. The van der Waals surface area contributed by atoms with Gasteiger partial charge in [0.1, 0.15) is 0 Å². The van der Waals surface area contributed by atoms with Crippen LogP contribution in [0.1, 0.15) is 20.3 Å². The molecule has 0 saturated carbocycles. The molecule has 0 aromatic carbocycles. The molecular weight excluding hydrogens is 204 g/mol. The smallest absolute Gasteiger partial charge is 0.311 e. The quantitative estimate of drug-likeness (QED) is 0.734. The van der Waals surface area contributed by atoms with Crippen LogP contribution in [0.25, 0.3) is 0 Å². The van der Waals surface area contributed by atoms with Crippen molar-refractivity contribution in [2.45, 2.75) is 26.2 Å². The van der Waals surface area contributed by atoms with E-state index in [2.05, 4.69) is 5.32 Å². The van der Waals surface area contributed by atoms with Gasteiger partial charge in [0.05, 0.1) is 18.2 Å². The molecule has 1 unspecified atom stereocenters. The highest BCUT2D eigenvalue weighted by Crippen LogP contribution is 2.25. The van der Waals surface area contributed by atoms with E-state index in [1.807, 2.05) is 0 Å². The average molecular weight is 219 g/mol. The minimum absolute atomic E-state index is 0.108. The second-order valence-corrected chi connectivity index (χ2v) is 3.57. The minimum Gasteiger partial charge on any atom is -0.466 e. The topological polar surface area (TPSA) is 38.3 Å². The number of carbonyl (C=O) groups excluding carboxylic acids is 1. The fraction of sp³-hybridized carbons (Fsp3) is 0.700. The zero-order chi connectivity index (χ0) is 11.5. The van der Waals surface area contributed by atoms with E-state index in [9.17, 15) is 13.6 Å². The van der Waals surface area contributed by atoms with Crippen LogP contribution in [0, 0.1) is 5.92 Å². The van der Waals surface area contributed by atoms with E-state index in [1.165, 1.54) is 6.08 Å². The Bertz CT molecular complexity index is 271. The van der Waals surface area contributed by atoms with Gasteiger partial charge in [-0.25, -0.2) is 8.78 Å². The predicted octanol–water partition coefficient (Wildman–Crippen LogP) is 1.70. The van der Waals surface area contributed by atoms with Gasteiger partial charge in [-0.3, -0.25) is 4.79 Å². The molecule has 1 atom stereocenters. The van der Waals surface area contributed by atoms with Crippen LogP contribution < -0.4 is 5.32 Å². The van der Waals surface area contributed by atoms with E-state index in [-0.39, 0.29) is 24.1 Å². The number of hydrogen-bond acceptors (Lipinski definition) is 3. The van der Waals surface area contributed by atoms with Crippen molar-refractivity contribution in [3.05, 3.63) is 11.8 Å². The molecule has 0 aromatic heterocycles. The van der Waals surface area contributed by atoms with Crippen LogP contribution in [0.4, 0.5) is 8.78 Å². The molecule has 3 nitrogen and oxygen atoms in total. The molecule has 0 saturated heterocycles. The number of alkyl halides is 2. The largest absolute Gasteiger partial charge is 0.466 e. The number of nitrogens with one attached hydrogen (secondary N) is 1. The Morgan fingerprint density at radius 1 is 1.73 bits per heavy atom. The minimum atomic E-state index is -2.86. The van der Waals surface area contributed by atoms with Crippen LogP contribution in [0.2, 0.25) is 0 Å². The summed E-state index contributed by atoms with van der Waals surface area (Å²) in [6.07, 6.45) is 1.68. The summed E-state index contributed by atoms with van der Waals surface area (Å²) in [4.78, 5) is 11.3. The van der Waals surface area contributed by atoms with Crippen molar-refractivity contribution in [1.29, 1.82) is 0 Å². The van der Waals surface area contributed by atoms with Gasteiger partial charge in [-0.1, -0.05) is 6.08 Å². The van der Waals surface area contributed by atoms with Crippen molar-refractivity contribution in [2.24, 2.45) is 5.92 Å². The van der Waals surface area contributed by atoms with Crippen molar-refractivity contribution in [2.75, 3.05) is 13.2 Å². The van der Waals surface area contributed by atoms with E-state index in [1.54, 1.807) is 6.92 Å². The molecule has 0 spiro atoms. The van der Waals surface area contributed by atoms with Crippen molar-refractivity contribution in [3.8, 4) is 0 Å². The van der Waals surface area contributed by atoms with Gasteiger partial charge >= 0.3 is 5.97 Å². The van der Waals surface area contributed by atoms with Gasteiger partial charge in [0.15, 0.2) is 0 Å². The van der Waals surface area contributed by atoms with Crippen LogP contribution >= 0.6 is 0 Å². The van der Waals surface area contributed by atoms with Crippen molar-refractivity contribution in [3.63, 3.8) is 0 Å². The molecule has 1 heterocycles. The Kier molecular flexibility index (Phi) is 3.66. The number of allylic oxidation sites excluding steroid dienone is 2. The monoisotopic (exact) mass is 219 g/mol. The van der Waals surface area contributed by atoms with Crippen molar-refractivity contribution < 1.29 is 18.3 Å². The summed E-state index contributed by atoms with van der Waals surface area (Å²) in [6, 6.07) is 0. The van der Waals surface area contributed by atoms with E-state index < -0.39 is 5.92 Å². The fourth-order valence-corrected chi connectivity index (χ4v) is 1.42. The van der Waals surface area contributed by atoms with Crippen LogP contribution in [0.15, 0.2) is 11.8 Å². The summed E-state index contributed by atoms with van der Waals surface area (Å²) in [7, 11) is 0. The second kappa shape index (κ2) is 4.59. The molecule has 0 amide bonds. The molecule has 1 N–H and O–H groups in total. The summed E-state index contributed by atoms with van der Waals surface area (Å²) in [5, 5.41) is 2.56. The molecule has 15 heavy (non-hydrogen) atoms. The first-order valence-electron chi connectivity index (χ1n) is 4.94. The molecule has 1 rings (SSSR count). The highest BCUT2D eigenvalue weighted by Gasteiger charge is 2.32. The van der Waals surface area contributed by atoms with E-state index in [0.717, 1.165) is 6.92 Å². The van der Waals surface area contributed by atoms with Gasteiger partial charge < -0.3 is 10.1 Å². The molecule has 0 bridgehead atoms. The molecule has 1 aliphatic rings. The Morgan fingerprint density at radius 3 is 2.80 bits per heavy atom. The molecule has 0 aliphatic carbocycles. The third-order valence-corrected chi connectivity index (χ3v) is 2.24. The number of ether oxygens (including phenoxy) is 1. The van der Waals surface area contributed by atoms with Crippen LogP contribution in [0.3, 0.4) is 0 Å². The zero-order valence-corrected chi connectivity index (χ0v) is 8.85. The summed E-state index contributed by atoms with van der Waals surface area (Å²) >= 11 is 0. The standard InChI is InChI=1S/C10H15F2NO2/c1-3-15-9(14)7-4-5-8(13-6-7)10(2,11)12/h5,7,13H,3-4,6H2,1-2H3. The number of rotatable bonds is 3. The summed E-state index contributed by atoms with van der Waals surface area (Å²) in [6.45, 7) is 3.08. The van der Waals surface area contributed by atoms with Gasteiger partial charge in [-0.2, -0.15) is 0 Å². The van der Waals surface area contributed by atoms with Crippen molar-refractivity contribution in [1.82, 2.24) is 5.32 Å². The third kappa shape index (κ3) is 3.18. The second-order valence-electron chi connectivity index (χ2n) is 3.57. The first-order valence-corrected chi connectivity index (χ1v) is 4.94. The molecule has 1 aliphatic heterocycles. The van der Waals surface area contributed by atoms with Crippen molar-refractivity contribution >= 4 is 5.97 Å². The molecular formula is C10H15F2NO2. The van der Waals surface area contributed by atoms with E-state index >= 15 is 0 Å². The fourth-order valence-electron chi connectivity index (χ4n) is 1.42. The number of halogens is 2. The lowest BCUT2D eigenvalue weighted by Gasteiger charge is -2.25. The highest BCUT2D eigenvalue weighted by molar-refractivity contribution is 5.73. The van der Waals surface area contributed by atoms with Gasteiger partial charge in [0, 0.05) is 13.5 Å². The SMILES string of the molecule is CCOC(=O)C1CC=C(C(C)(F)F)NC1. The summed E-state index contributed by atoms with van der Waals surface area (Å²) in [5.74, 6) is -3.55. The normalized spacial score (nSPS) is 21.6. The lowest BCUT2D eigenvalue weighted by atomic mass is 10.00. The zero-order valence-electron chi connectivity index (χ0n) is 8.85. The maximum Gasteiger partial charge on any atom is 0.311 e. The van der Waals surface area contributed by atoms with E-state index in [0.29, 0.717) is 13.0 Å². The molecule has 0 aromatic rings. The summed E-state index contributed by atoms with van der Waals surface area (Å²) in [5.41, 5.74) is -0.108. The molecule has 0 fully saturated rings. The Hall–Kier alpha value is -1.13. The number of carbonyl (C=O) groups is 1. The third-order valence-electron chi connectivity index (χ3n) is 2.24. The van der Waals surface area contributed by atoms with Gasteiger partial charge in [0.2, 0.25) is 0 Å². The Labute approximate surface area is 87.5 Å². The van der Waals surface area contributed by atoms with Crippen LogP contribution in [-0.4, -0.2) is 25.0 Å². The van der Waals surface area contributed by atoms with Crippen LogP contribution in [-0.2, 0) is 9.53 Å². The van der Waals surface area contributed by atoms with Gasteiger partial charge in [-0.15, -0.1) is 0 Å². The lowest BCUT2D eigenvalue weighted by molar-refractivity contribution is -0.148. The predicted molar refractivity (Wildman–Crippen MR) is 51.4 cm³/mol. The maximum atomic E-state index is 12.8. The highest BCUT2D eigenvalue weighted by atomic mass is 19.3. The molecule has 0 radical (unpaired) electrons. The Balaban J connectivity index is 2.54. The molecule has 86 valence electrons. The van der Waals surface area contributed by atoms with Gasteiger partial charge in [0.25, 0.3) is 5.92 Å². The number of esters is 1. The Morgan fingerprint density at radius 2 is 2.40 bits per heavy atom.